The number of halogens is 1. The third kappa shape index (κ3) is 5.41. The Bertz CT molecular complexity index is 705. The lowest BCUT2D eigenvalue weighted by Gasteiger charge is -2.31. The van der Waals surface area contributed by atoms with Crippen LogP contribution in [0.4, 0.5) is 0 Å². The first-order chi connectivity index (χ1) is 11.7. The van der Waals surface area contributed by atoms with Crippen LogP contribution in [0.1, 0.15) is 47.4 Å². The van der Waals surface area contributed by atoms with Crippen LogP contribution in [0.25, 0.3) is 0 Å². The van der Waals surface area contributed by atoms with Crippen molar-refractivity contribution in [3.8, 4) is 0 Å². The number of benzene rings is 1. The highest BCUT2D eigenvalue weighted by Gasteiger charge is 2.31. The van der Waals surface area contributed by atoms with E-state index in [-0.39, 0.29) is 35.0 Å². The summed E-state index contributed by atoms with van der Waals surface area (Å²) >= 11 is 0. The summed E-state index contributed by atoms with van der Waals surface area (Å²) in [5.41, 5.74) is 4.78. The standard InChI is InChI=1S/C16H24N2O6S.ClH/c1-5-16(6-2,10-17)18-25(21,22)13-8-11(14(19)23-3)7-12(9-13)15(20)24-4;/h7-9,18H,5-6,10,17H2,1-4H3;1H. The molecule has 26 heavy (non-hydrogen) atoms. The van der Waals surface area contributed by atoms with Gasteiger partial charge in [-0.15, -0.1) is 12.4 Å². The Hall–Kier alpha value is -1.68. The fourth-order valence-corrected chi connectivity index (χ4v) is 3.92. The van der Waals surface area contributed by atoms with E-state index in [0.717, 1.165) is 26.4 Å². The van der Waals surface area contributed by atoms with Crippen molar-refractivity contribution in [1.29, 1.82) is 0 Å². The molecule has 0 saturated carbocycles. The Kier molecular flexibility index (Phi) is 9.23. The molecule has 0 fully saturated rings. The third-order valence-electron chi connectivity index (χ3n) is 4.15. The molecule has 0 amide bonds. The molecule has 0 saturated heterocycles. The van der Waals surface area contributed by atoms with Crippen molar-refractivity contribution >= 4 is 34.4 Å². The van der Waals surface area contributed by atoms with Gasteiger partial charge in [-0.05, 0) is 31.0 Å². The largest absolute Gasteiger partial charge is 0.465 e. The molecule has 0 radical (unpaired) electrons. The molecule has 0 aliphatic heterocycles. The molecule has 0 aliphatic rings. The molecule has 1 aromatic carbocycles. The van der Waals surface area contributed by atoms with Gasteiger partial charge in [-0.25, -0.2) is 22.7 Å². The maximum atomic E-state index is 12.8. The van der Waals surface area contributed by atoms with Crippen LogP contribution in [-0.2, 0) is 19.5 Å². The fourth-order valence-electron chi connectivity index (χ4n) is 2.29. The molecule has 0 aliphatic carbocycles. The predicted molar refractivity (Wildman–Crippen MR) is 99.1 cm³/mol. The zero-order valence-corrected chi connectivity index (χ0v) is 16.8. The lowest BCUT2D eigenvalue weighted by Crippen LogP contribution is -2.52. The van der Waals surface area contributed by atoms with Crippen molar-refractivity contribution in [3.05, 3.63) is 29.3 Å². The molecule has 0 atom stereocenters. The molecule has 0 spiro atoms. The first-order valence-corrected chi connectivity index (χ1v) is 9.22. The normalized spacial score (nSPS) is 11.4. The Morgan fingerprint density at radius 2 is 1.46 bits per heavy atom. The average molecular weight is 409 g/mol. The molecule has 0 bridgehead atoms. The lowest BCUT2D eigenvalue weighted by molar-refractivity contribution is 0.0598. The van der Waals surface area contributed by atoms with Crippen LogP contribution in [0.3, 0.4) is 0 Å². The van der Waals surface area contributed by atoms with E-state index in [2.05, 4.69) is 14.2 Å². The lowest BCUT2D eigenvalue weighted by atomic mass is 9.95. The van der Waals surface area contributed by atoms with Gasteiger partial charge in [0.1, 0.15) is 0 Å². The molecular formula is C16H25ClN2O6S. The second kappa shape index (κ2) is 9.86. The molecule has 0 unspecified atom stereocenters. The summed E-state index contributed by atoms with van der Waals surface area (Å²) in [7, 11) is -1.71. The molecule has 1 aromatic rings. The van der Waals surface area contributed by atoms with Crippen molar-refractivity contribution in [2.24, 2.45) is 5.73 Å². The smallest absolute Gasteiger partial charge is 0.337 e. The number of rotatable bonds is 8. The summed E-state index contributed by atoms with van der Waals surface area (Å²) in [4.78, 5) is 23.4. The van der Waals surface area contributed by atoms with Gasteiger partial charge in [-0.2, -0.15) is 0 Å². The highest BCUT2D eigenvalue weighted by atomic mass is 35.5. The van der Waals surface area contributed by atoms with Gasteiger partial charge in [0.05, 0.1) is 30.2 Å². The number of carbonyl (C=O) groups is 2. The van der Waals surface area contributed by atoms with Gasteiger partial charge < -0.3 is 15.2 Å². The summed E-state index contributed by atoms with van der Waals surface area (Å²) in [6, 6.07) is 3.51. The number of ether oxygens (including phenoxy) is 2. The van der Waals surface area contributed by atoms with E-state index in [1.165, 1.54) is 6.07 Å². The Morgan fingerprint density at radius 3 is 1.77 bits per heavy atom. The topological polar surface area (TPSA) is 125 Å². The van der Waals surface area contributed by atoms with Crippen molar-refractivity contribution < 1.29 is 27.5 Å². The van der Waals surface area contributed by atoms with Gasteiger partial charge in [-0.3, -0.25) is 0 Å². The summed E-state index contributed by atoms with van der Waals surface area (Å²) in [5.74, 6) is -1.53. The Balaban J connectivity index is 0.00000625. The van der Waals surface area contributed by atoms with Crippen LogP contribution in [0, 0.1) is 0 Å². The van der Waals surface area contributed by atoms with Crippen molar-refractivity contribution in [2.75, 3.05) is 20.8 Å². The molecule has 0 aromatic heterocycles. The molecule has 1 rings (SSSR count). The Morgan fingerprint density at radius 1 is 1.04 bits per heavy atom. The molecule has 8 nitrogen and oxygen atoms in total. The molecular weight excluding hydrogens is 384 g/mol. The maximum Gasteiger partial charge on any atom is 0.337 e. The van der Waals surface area contributed by atoms with Crippen LogP contribution < -0.4 is 10.5 Å². The monoisotopic (exact) mass is 408 g/mol. The minimum Gasteiger partial charge on any atom is -0.465 e. The van der Waals surface area contributed by atoms with Crippen LogP contribution in [0.15, 0.2) is 23.1 Å². The number of hydrogen-bond acceptors (Lipinski definition) is 7. The van der Waals surface area contributed by atoms with Crippen molar-refractivity contribution in [3.63, 3.8) is 0 Å². The minimum absolute atomic E-state index is 0. The zero-order valence-electron chi connectivity index (χ0n) is 15.2. The average Bonchev–Trinajstić information content (AvgIpc) is 2.64. The highest BCUT2D eigenvalue weighted by Crippen LogP contribution is 2.21. The van der Waals surface area contributed by atoms with E-state index in [4.69, 9.17) is 5.73 Å². The van der Waals surface area contributed by atoms with Gasteiger partial charge in [0.15, 0.2) is 0 Å². The van der Waals surface area contributed by atoms with Crippen LogP contribution in [0.2, 0.25) is 0 Å². The SMILES string of the molecule is CCC(CC)(CN)NS(=O)(=O)c1cc(C(=O)OC)cc(C(=O)OC)c1.Cl. The third-order valence-corrected chi connectivity index (χ3v) is 5.71. The van der Waals surface area contributed by atoms with E-state index < -0.39 is 27.5 Å². The van der Waals surface area contributed by atoms with Crippen molar-refractivity contribution in [1.82, 2.24) is 4.72 Å². The van der Waals surface area contributed by atoms with E-state index in [9.17, 15) is 18.0 Å². The summed E-state index contributed by atoms with van der Waals surface area (Å²) in [5, 5.41) is 0. The Labute approximate surface area is 159 Å². The first kappa shape index (κ1) is 24.3. The van der Waals surface area contributed by atoms with E-state index in [0.29, 0.717) is 12.8 Å². The summed E-state index contributed by atoms with van der Waals surface area (Å²) in [6.45, 7) is 3.76. The number of sulfonamides is 1. The van der Waals surface area contributed by atoms with Gasteiger partial charge in [0.2, 0.25) is 10.0 Å². The second-order valence-corrected chi connectivity index (χ2v) is 7.21. The van der Waals surface area contributed by atoms with Gasteiger partial charge >= 0.3 is 11.9 Å². The number of nitrogens with two attached hydrogens (primary N) is 1. The molecule has 10 heteroatoms. The molecule has 3 N–H and O–H groups in total. The quantitative estimate of drug-likeness (QED) is 0.624. The van der Waals surface area contributed by atoms with Crippen LogP contribution >= 0.6 is 12.4 Å². The van der Waals surface area contributed by atoms with Crippen LogP contribution in [-0.4, -0.2) is 46.7 Å². The van der Waals surface area contributed by atoms with E-state index >= 15 is 0 Å². The summed E-state index contributed by atoms with van der Waals surface area (Å²) in [6.07, 6.45) is 0.972. The predicted octanol–water partition coefficient (Wildman–Crippen LogP) is 1.48. The number of carbonyl (C=O) groups excluding carboxylic acids is 2. The van der Waals surface area contributed by atoms with E-state index in [1.54, 1.807) is 0 Å². The van der Waals surface area contributed by atoms with Crippen LogP contribution in [0.5, 0.6) is 0 Å². The molecule has 0 heterocycles. The van der Waals surface area contributed by atoms with Gasteiger partial charge in [0, 0.05) is 12.1 Å². The second-order valence-electron chi connectivity index (χ2n) is 5.53. The molecule has 148 valence electrons. The number of nitrogens with one attached hydrogen (secondary N) is 1. The fraction of sp³-hybridized carbons (Fsp3) is 0.500. The highest BCUT2D eigenvalue weighted by molar-refractivity contribution is 7.89. The number of hydrogen-bond donors (Lipinski definition) is 2. The van der Waals surface area contributed by atoms with Gasteiger partial charge in [0.25, 0.3) is 0 Å². The van der Waals surface area contributed by atoms with E-state index in [1.807, 2.05) is 13.8 Å². The number of esters is 2. The van der Waals surface area contributed by atoms with Crippen molar-refractivity contribution in [2.45, 2.75) is 37.1 Å². The zero-order chi connectivity index (χ0) is 19.3. The first-order valence-electron chi connectivity index (χ1n) is 7.74. The number of methoxy groups -OCH3 is 2. The van der Waals surface area contributed by atoms with Gasteiger partial charge in [-0.1, -0.05) is 13.8 Å². The maximum absolute atomic E-state index is 12.8. The summed E-state index contributed by atoms with van der Waals surface area (Å²) < 4.78 is 37.4. The minimum atomic E-state index is -4.03.